The normalized spacial score (nSPS) is 10.6. The highest BCUT2D eigenvalue weighted by atomic mass is 16.5. The van der Waals surface area contributed by atoms with Gasteiger partial charge in [-0.15, -0.1) is 0 Å². The van der Waals surface area contributed by atoms with Crippen molar-refractivity contribution in [2.75, 3.05) is 12.4 Å². The topological polar surface area (TPSA) is 95.1 Å². The van der Waals surface area contributed by atoms with Gasteiger partial charge in [-0.05, 0) is 66.9 Å². The highest BCUT2D eigenvalue weighted by Gasteiger charge is 2.12. The van der Waals surface area contributed by atoms with Crippen LogP contribution in [0.15, 0.2) is 66.2 Å². The number of nitrogens with one attached hydrogen (secondary N) is 1. The van der Waals surface area contributed by atoms with Crippen LogP contribution in [0, 0.1) is 36.5 Å². The minimum atomic E-state index is -0.492. The lowest BCUT2D eigenvalue weighted by molar-refractivity contribution is -0.112. The number of anilines is 1. The zero-order valence-electron chi connectivity index (χ0n) is 18.7. The number of aryl methyl sites for hydroxylation is 2. The summed E-state index contributed by atoms with van der Waals surface area (Å²) in [6, 6.07) is 22.0. The molecule has 6 nitrogen and oxygen atoms in total. The van der Waals surface area contributed by atoms with E-state index in [0.29, 0.717) is 28.3 Å². The fourth-order valence-electron chi connectivity index (χ4n) is 3.14. The van der Waals surface area contributed by atoms with E-state index in [1.165, 1.54) is 13.2 Å². The van der Waals surface area contributed by atoms with E-state index in [4.69, 9.17) is 9.47 Å². The van der Waals surface area contributed by atoms with Gasteiger partial charge in [-0.1, -0.05) is 30.3 Å². The minimum absolute atomic E-state index is 0.0353. The number of rotatable bonds is 7. The number of nitriles is 2. The fraction of sp³-hybridized carbons (Fsp3) is 0.148. The molecule has 0 aliphatic carbocycles. The predicted molar refractivity (Wildman–Crippen MR) is 127 cm³/mol. The van der Waals surface area contributed by atoms with Crippen LogP contribution in [0.4, 0.5) is 5.69 Å². The van der Waals surface area contributed by atoms with Gasteiger partial charge in [0.05, 0.1) is 18.7 Å². The third kappa shape index (κ3) is 5.78. The molecule has 0 saturated heterocycles. The third-order valence-electron chi connectivity index (χ3n) is 5.15. The van der Waals surface area contributed by atoms with Crippen molar-refractivity contribution in [3.63, 3.8) is 0 Å². The van der Waals surface area contributed by atoms with Crippen molar-refractivity contribution in [2.24, 2.45) is 0 Å². The highest BCUT2D eigenvalue weighted by molar-refractivity contribution is 6.09. The summed E-state index contributed by atoms with van der Waals surface area (Å²) in [5.74, 6) is 0.443. The number of hydrogen-bond donors (Lipinski definition) is 1. The highest BCUT2D eigenvalue weighted by Crippen LogP contribution is 2.30. The van der Waals surface area contributed by atoms with Gasteiger partial charge in [0.25, 0.3) is 5.91 Å². The summed E-state index contributed by atoms with van der Waals surface area (Å²) in [7, 11) is 1.51. The molecule has 0 saturated carbocycles. The second kappa shape index (κ2) is 10.7. The van der Waals surface area contributed by atoms with E-state index >= 15 is 0 Å². The van der Waals surface area contributed by atoms with E-state index < -0.39 is 5.91 Å². The molecule has 3 rings (SSSR count). The average Bonchev–Trinajstić information content (AvgIpc) is 2.83. The monoisotopic (exact) mass is 437 g/mol. The molecule has 1 amide bonds. The maximum absolute atomic E-state index is 12.6. The first-order valence-electron chi connectivity index (χ1n) is 10.2. The summed E-state index contributed by atoms with van der Waals surface area (Å²) in [6.45, 7) is 4.16. The van der Waals surface area contributed by atoms with Gasteiger partial charge in [-0.2, -0.15) is 10.5 Å². The summed E-state index contributed by atoms with van der Waals surface area (Å²) in [5, 5.41) is 21.5. The molecule has 0 aromatic heterocycles. The van der Waals surface area contributed by atoms with Gasteiger partial charge in [-0.3, -0.25) is 4.79 Å². The Bertz CT molecular complexity index is 1300. The number of benzene rings is 3. The number of amides is 1. The molecule has 0 heterocycles. The molecule has 1 N–H and O–H groups in total. The zero-order valence-corrected chi connectivity index (χ0v) is 18.7. The third-order valence-corrected chi connectivity index (χ3v) is 5.15. The molecule has 0 bridgehead atoms. The second-order valence-electron chi connectivity index (χ2n) is 7.39. The van der Waals surface area contributed by atoms with Gasteiger partial charge in [-0.25, -0.2) is 0 Å². The molecular weight excluding hydrogens is 414 g/mol. The molecular formula is C27H23N3O3. The molecule has 0 aliphatic heterocycles. The van der Waals surface area contributed by atoms with Gasteiger partial charge < -0.3 is 14.8 Å². The van der Waals surface area contributed by atoms with Crippen molar-refractivity contribution < 1.29 is 14.3 Å². The molecule has 0 atom stereocenters. The van der Waals surface area contributed by atoms with Crippen molar-refractivity contribution in [1.29, 1.82) is 10.5 Å². The maximum atomic E-state index is 12.6. The summed E-state index contributed by atoms with van der Waals surface area (Å²) >= 11 is 0. The van der Waals surface area contributed by atoms with Crippen LogP contribution in [0.5, 0.6) is 11.5 Å². The Labute approximate surface area is 193 Å². The van der Waals surface area contributed by atoms with Crippen LogP contribution in [0.2, 0.25) is 0 Å². The zero-order chi connectivity index (χ0) is 23.8. The smallest absolute Gasteiger partial charge is 0.266 e. The quantitative estimate of drug-likeness (QED) is 0.399. The number of hydrogen-bond acceptors (Lipinski definition) is 5. The molecule has 3 aromatic carbocycles. The molecule has 33 heavy (non-hydrogen) atoms. The van der Waals surface area contributed by atoms with Crippen LogP contribution < -0.4 is 14.8 Å². The molecule has 6 heteroatoms. The molecule has 0 radical (unpaired) electrons. The number of nitrogens with zero attached hydrogens (tertiary/aromatic N) is 2. The molecule has 164 valence electrons. The lowest BCUT2D eigenvalue weighted by Crippen LogP contribution is -2.13. The fourth-order valence-corrected chi connectivity index (χ4v) is 3.14. The summed E-state index contributed by atoms with van der Waals surface area (Å²) in [5.41, 5.74) is 4.69. The summed E-state index contributed by atoms with van der Waals surface area (Å²) in [4.78, 5) is 12.6. The van der Waals surface area contributed by atoms with Crippen LogP contribution in [-0.2, 0) is 11.4 Å². The number of carbonyl (C=O) groups is 1. The Morgan fingerprint density at radius 3 is 2.48 bits per heavy atom. The van der Waals surface area contributed by atoms with E-state index in [9.17, 15) is 15.3 Å². The van der Waals surface area contributed by atoms with E-state index in [2.05, 4.69) is 11.4 Å². The largest absolute Gasteiger partial charge is 0.493 e. The Kier molecular flexibility index (Phi) is 7.47. The van der Waals surface area contributed by atoms with E-state index in [-0.39, 0.29) is 12.2 Å². The van der Waals surface area contributed by atoms with Crippen LogP contribution >= 0.6 is 0 Å². The molecule has 0 unspecified atom stereocenters. The lowest BCUT2D eigenvalue weighted by Gasteiger charge is -2.12. The Morgan fingerprint density at radius 1 is 1.00 bits per heavy atom. The molecule has 0 spiro atoms. The molecule has 0 fully saturated rings. The Balaban J connectivity index is 1.77. The first-order valence-corrected chi connectivity index (χ1v) is 10.2. The first kappa shape index (κ1) is 23.1. The van der Waals surface area contributed by atoms with Crippen LogP contribution in [0.3, 0.4) is 0 Å². The number of methoxy groups -OCH3 is 1. The first-order chi connectivity index (χ1) is 15.9. The van der Waals surface area contributed by atoms with Gasteiger partial charge in [0.1, 0.15) is 18.2 Å². The molecule has 0 aliphatic rings. The van der Waals surface area contributed by atoms with Crippen molar-refractivity contribution in [3.05, 3.63) is 94.1 Å². The van der Waals surface area contributed by atoms with Crippen LogP contribution in [0.1, 0.15) is 27.8 Å². The standard InChI is InChI=1S/C27H23N3O3/c1-18-8-10-24(12-19(18)2)30-27(31)23(16-29)13-20-9-11-25(26(14-20)32-3)33-17-22-7-5-4-6-21(22)15-28/h4-14H,17H2,1-3H3,(H,30,31)/b23-13+. The summed E-state index contributed by atoms with van der Waals surface area (Å²) < 4.78 is 11.3. The van der Waals surface area contributed by atoms with Crippen molar-refractivity contribution in [3.8, 4) is 23.6 Å². The Morgan fingerprint density at radius 2 is 1.79 bits per heavy atom. The second-order valence-corrected chi connectivity index (χ2v) is 7.39. The van der Waals surface area contributed by atoms with Crippen LogP contribution in [0.25, 0.3) is 6.08 Å². The Hall–Kier alpha value is -4.55. The summed E-state index contributed by atoms with van der Waals surface area (Å²) in [6.07, 6.45) is 1.49. The van der Waals surface area contributed by atoms with E-state index in [1.54, 1.807) is 36.4 Å². The SMILES string of the molecule is COc1cc(/C=C(\C#N)C(=O)Nc2ccc(C)c(C)c2)ccc1OCc1ccccc1C#N. The maximum Gasteiger partial charge on any atom is 0.266 e. The molecule has 3 aromatic rings. The number of carbonyl (C=O) groups excluding carboxylic acids is 1. The average molecular weight is 437 g/mol. The lowest BCUT2D eigenvalue weighted by atomic mass is 10.1. The van der Waals surface area contributed by atoms with Gasteiger partial charge >= 0.3 is 0 Å². The van der Waals surface area contributed by atoms with Crippen molar-refractivity contribution >= 4 is 17.7 Å². The van der Waals surface area contributed by atoms with Gasteiger partial charge in [0.15, 0.2) is 11.5 Å². The van der Waals surface area contributed by atoms with Crippen LogP contribution in [-0.4, -0.2) is 13.0 Å². The van der Waals surface area contributed by atoms with Gasteiger partial charge in [0, 0.05) is 11.3 Å². The van der Waals surface area contributed by atoms with E-state index in [0.717, 1.165) is 16.7 Å². The van der Waals surface area contributed by atoms with Crippen molar-refractivity contribution in [1.82, 2.24) is 0 Å². The van der Waals surface area contributed by atoms with Crippen molar-refractivity contribution in [2.45, 2.75) is 20.5 Å². The predicted octanol–water partition coefficient (Wildman–Crippen LogP) is 5.31. The van der Waals surface area contributed by atoms with Gasteiger partial charge in [0.2, 0.25) is 0 Å². The van der Waals surface area contributed by atoms with E-state index in [1.807, 2.05) is 44.2 Å². The number of ether oxygens (including phenoxy) is 2. The minimum Gasteiger partial charge on any atom is -0.493 e.